The number of rotatable bonds is 2. The average Bonchev–Trinajstić information content (AvgIpc) is 1.35. The second-order valence-electron chi connectivity index (χ2n) is 0.765. The molecular formula is C2H3BO3. The molecule has 0 spiro atoms. The monoisotopic (exact) mass is 86.0 g/mol. The van der Waals surface area contributed by atoms with Gasteiger partial charge in [0.25, 0.3) is 0 Å². The third-order valence-corrected chi connectivity index (χ3v) is 0.258. The van der Waals surface area contributed by atoms with Crippen LogP contribution in [0.2, 0.25) is 6.32 Å². The van der Waals surface area contributed by atoms with Crippen molar-refractivity contribution in [3.8, 4) is 0 Å². The van der Waals surface area contributed by atoms with Crippen LogP contribution >= 0.6 is 0 Å². The standard InChI is InChI=1S/C2H3BO3/c4-2(5)1-3-6/h1H2,(H,4,5). The summed E-state index contributed by atoms with van der Waals surface area (Å²) in [6.45, 7) is 0. The molecule has 1 N–H and O–H groups in total. The maximum atomic E-state index is 9.37. The molecule has 0 bridgehead atoms. The average molecular weight is 85.9 g/mol. The Morgan fingerprint density at radius 2 is 2.33 bits per heavy atom. The fraction of sp³-hybridized carbons (Fsp3) is 0.500. The van der Waals surface area contributed by atoms with Gasteiger partial charge in [-0.05, 0) is 0 Å². The molecule has 0 atom stereocenters. The van der Waals surface area contributed by atoms with Crippen molar-refractivity contribution in [2.24, 2.45) is 0 Å². The first-order valence-electron chi connectivity index (χ1n) is 1.43. The Kier molecular flexibility index (Phi) is 2.28. The Morgan fingerprint density at radius 1 is 1.83 bits per heavy atom. The van der Waals surface area contributed by atoms with Gasteiger partial charge in [-0.25, -0.2) is 0 Å². The van der Waals surface area contributed by atoms with Gasteiger partial charge in [-0.2, -0.15) is 0 Å². The third kappa shape index (κ3) is 3.33. The molecule has 3 nitrogen and oxygen atoms in total. The zero-order chi connectivity index (χ0) is 4.99. The first kappa shape index (κ1) is 5.33. The van der Waals surface area contributed by atoms with Crippen molar-refractivity contribution in [2.75, 3.05) is 0 Å². The van der Waals surface area contributed by atoms with E-state index >= 15 is 0 Å². The van der Waals surface area contributed by atoms with Crippen LogP contribution in [-0.2, 0) is 9.50 Å². The van der Waals surface area contributed by atoms with E-state index in [2.05, 4.69) is 0 Å². The summed E-state index contributed by atoms with van der Waals surface area (Å²) in [5.74, 6) is -1.08. The van der Waals surface area contributed by atoms with E-state index in [0.29, 0.717) is 7.15 Å². The van der Waals surface area contributed by atoms with E-state index in [1.54, 1.807) is 0 Å². The molecule has 0 aromatic heterocycles. The summed E-state index contributed by atoms with van der Waals surface area (Å²) >= 11 is 0. The Morgan fingerprint density at radius 3 is 2.33 bits per heavy atom. The first-order valence-corrected chi connectivity index (χ1v) is 1.43. The summed E-state index contributed by atoms with van der Waals surface area (Å²) in [7, 11) is 0.350. The summed E-state index contributed by atoms with van der Waals surface area (Å²) in [6.07, 6.45) is -0.389. The van der Waals surface area contributed by atoms with Crippen molar-refractivity contribution in [1.29, 1.82) is 0 Å². The summed E-state index contributed by atoms with van der Waals surface area (Å²) in [5.41, 5.74) is 0. The predicted octanol–water partition coefficient (Wildman–Crippen LogP) is -0.461. The van der Waals surface area contributed by atoms with Crippen molar-refractivity contribution in [2.45, 2.75) is 6.32 Å². The van der Waals surface area contributed by atoms with Gasteiger partial charge in [0.05, 0.1) is 0 Å². The molecule has 0 saturated carbocycles. The van der Waals surface area contributed by atoms with Crippen molar-refractivity contribution in [3.63, 3.8) is 0 Å². The van der Waals surface area contributed by atoms with Crippen LogP contribution in [0.25, 0.3) is 0 Å². The topological polar surface area (TPSA) is 54.4 Å². The van der Waals surface area contributed by atoms with E-state index in [4.69, 9.17) is 5.11 Å². The first-order chi connectivity index (χ1) is 2.77. The van der Waals surface area contributed by atoms with Crippen LogP contribution in [-0.4, -0.2) is 18.2 Å². The van der Waals surface area contributed by atoms with Gasteiger partial charge in [-0.15, -0.1) is 0 Å². The van der Waals surface area contributed by atoms with E-state index in [0.717, 1.165) is 0 Å². The molecular weight excluding hydrogens is 82.8 g/mol. The van der Waals surface area contributed by atoms with Crippen molar-refractivity contribution < 1.29 is 14.6 Å². The zero-order valence-electron chi connectivity index (χ0n) is 3.05. The molecule has 0 aromatic carbocycles. The van der Waals surface area contributed by atoms with Crippen LogP contribution in [0.5, 0.6) is 0 Å². The van der Waals surface area contributed by atoms with Crippen molar-refractivity contribution >= 4 is 13.1 Å². The van der Waals surface area contributed by atoms with Gasteiger partial charge in [0.2, 0.25) is 0 Å². The van der Waals surface area contributed by atoms with Crippen LogP contribution in [0.4, 0.5) is 0 Å². The number of hydrogen-bond donors (Lipinski definition) is 1. The molecule has 0 unspecified atom stereocenters. The van der Waals surface area contributed by atoms with Gasteiger partial charge in [0.1, 0.15) is 0 Å². The quantitative estimate of drug-likeness (QED) is 0.462. The van der Waals surface area contributed by atoms with Crippen molar-refractivity contribution in [1.82, 2.24) is 0 Å². The van der Waals surface area contributed by atoms with E-state index < -0.39 is 5.97 Å². The van der Waals surface area contributed by atoms with Crippen LogP contribution in [0, 0.1) is 0 Å². The van der Waals surface area contributed by atoms with Crippen LogP contribution in [0.3, 0.4) is 0 Å². The van der Waals surface area contributed by atoms with Gasteiger partial charge in [0.15, 0.2) is 0 Å². The fourth-order valence-corrected chi connectivity index (χ4v) is 0.0713. The molecule has 0 amide bonds. The molecule has 0 rings (SSSR count). The van der Waals surface area contributed by atoms with Gasteiger partial charge in [-0.1, -0.05) is 0 Å². The van der Waals surface area contributed by atoms with Gasteiger partial charge < -0.3 is 0 Å². The molecule has 0 radical (unpaired) electrons. The molecule has 0 aromatic rings. The number of carbonyl (C=O) groups is 1. The Hall–Kier alpha value is -0.665. The Balaban J connectivity index is 3.05. The van der Waals surface area contributed by atoms with Crippen molar-refractivity contribution in [3.05, 3.63) is 0 Å². The number of carboxylic acids is 1. The third-order valence-electron chi connectivity index (χ3n) is 0.258. The molecule has 0 aliphatic rings. The summed E-state index contributed by atoms with van der Waals surface area (Å²) < 4.78 is 9.23. The normalized spacial score (nSPS) is 6.67. The van der Waals surface area contributed by atoms with E-state index in [1.165, 1.54) is 0 Å². The molecule has 4 heteroatoms. The molecule has 0 fully saturated rings. The number of carboxylic acid groups (broad SMARTS) is 1. The summed E-state index contributed by atoms with van der Waals surface area (Å²) in [4.78, 5) is 9.37. The summed E-state index contributed by atoms with van der Waals surface area (Å²) in [6, 6.07) is 0. The summed E-state index contributed by atoms with van der Waals surface area (Å²) in [5, 5.41) is 7.68. The number of aliphatic carboxylic acids is 1. The Labute approximate surface area is 35.2 Å². The van der Waals surface area contributed by atoms with Crippen LogP contribution in [0.1, 0.15) is 0 Å². The second kappa shape index (κ2) is 2.57. The minimum absolute atomic E-state index is 0.350. The SMILES string of the molecule is O=BCC(=O)O. The molecule has 0 aliphatic carbocycles. The fourth-order valence-electron chi connectivity index (χ4n) is 0.0713. The minimum atomic E-state index is -1.08. The van der Waals surface area contributed by atoms with E-state index in [9.17, 15) is 9.50 Å². The van der Waals surface area contributed by atoms with Gasteiger partial charge in [-0.3, -0.25) is 0 Å². The molecule has 6 heavy (non-hydrogen) atoms. The zero-order valence-corrected chi connectivity index (χ0v) is 3.05. The van der Waals surface area contributed by atoms with Crippen LogP contribution < -0.4 is 0 Å². The Bertz CT molecular complexity index is 69.2. The predicted molar refractivity (Wildman–Crippen MR) is 18.9 cm³/mol. The molecule has 0 aliphatic heterocycles. The molecule has 0 heterocycles. The van der Waals surface area contributed by atoms with Crippen LogP contribution in [0.15, 0.2) is 0 Å². The molecule has 0 saturated heterocycles. The van der Waals surface area contributed by atoms with Gasteiger partial charge in [0, 0.05) is 0 Å². The second-order valence-corrected chi connectivity index (χ2v) is 0.765. The number of hydrogen-bond acceptors (Lipinski definition) is 2. The van der Waals surface area contributed by atoms with E-state index in [1.807, 2.05) is 0 Å². The van der Waals surface area contributed by atoms with Gasteiger partial charge >= 0.3 is 34.0 Å². The molecule has 32 valence electrons. The van der Waals surface area contributed by atoms with E-state index in [-0.39, 0.29) is 6.32 Å². The maximum absolute atomic E-state index is 9.37.